The Morgan fingerprint density at radius 3 is 2.21 bits per heavy atom. The van der Waals surface area contributed by atoms with Gasteiger partial charge in [0.15, 0.2) is 6.10 Å². The topological polar surface area (TPSA) is 114 Å². The molecule has 3 aromatic rings. The van der Waals surface area contributed by atoms with E-state index >= 15 is 0 Å². The molecule has 0 fully saturated rings. The van der Waals surface area contributed by atoms with Crippen molar-refractivity contribution in [2.75, 3.05) is 6.61 Å². The number of rotatable bonds is 8. The molecule has 1 heterocycles. The first kappa shape index (κ1) is 22.5. The van der Waals surface area contributed by atoms with Gasteiger partial charge in [0, 0.05) is 10.8 Å². The maximum atomic E-state index is 12.6. The van der Waals surface area contributed by atoms with Crippen molar-refractivity contribution in [3.8, 4) is 11.1 Å². The second-order valence-corrected chi connectivity index (χ2v) is 8.46. The number of carbonyl (C=O) groups is 3. The molecule has 1 aromatic heterocycles. The first-order chi connectivity index (χ1) is 16.0. The number of hydrogen-bond donors (Lipinski definition) is 3. The number of hydrogen-bond acceptors (Lipinski definition) is 6. The quantitative estimate of drug-likeness (QED) is 0.435. The van der Waals surface area contributed by atoms with Gasteiger partial charge < -0.3 is 15.2 Å². The van der Waals surface area contributed by atoms with E-state index in [1.54, 1.807) is 17.5 Å². The van der Waals surface area contributed by atoms with E-state index in [4.69, 9.17) is 14.7 Å². The normalized spacial score (nSPS) is 14.0. The maximum absolute atomic E-state index is 12.6. The van der Waals surface area contributed by atoms with Crippen LogP contribution in [0.1, 0.15) is 34.9 Å². The average Bonchev–Trinajstić information content (AvgIpc) is 3.46. The zero-order chi connectivity index (χ0) is 23.4. The number of ether oxygens (including phenoxy) is 1. The summed E-state index contributed by atoms with van der Waals surface area (Å²) in [6, 6.07) is 18.3. The van der Waals surface area contributed by atoms with Crippen molar-refractivity contribution in [2.45, 2.75) is 25.0 Å². The van der Waals surface area contributed by atoms with Crippen molar-refractivity contribution < 1.29 is 29.1 Å². The number of hydroxylamine groups is 1. The van der Waals surface area contributed by atoms with Crippen molar-refractivity contribution in [3.63, 3.8) is 0 Å². The van der Waals surface area contributed by atoms with Gasteiger partial charge in [0.2, 0.25) is 0 Å². The standard InChI is InChI=1S/C24H22N2O6S/c1-14(23(28)29)32-26-22(27)21(20-11-6-12-33-20)25-24(30)31-13-19-17-9-4-2-7-15(17)16-8-3-5-10-18(16)19/h2-12,14,19,21H,13H2,1H3,(H,25,30)(H,26,27)(H,28,29). The molecule has 8 nitrogen and oxygen atoms in total. The van der Waals surface area contributed by atoms with E-state index in [-0.39, 0.29) is 12.5 Å². The van der Waals surface area contributed by atoms with Crippen LogP contribution in [0, 0.1) is 0 Å². The van der Waals surface area contributed by atoms with Crippen molar-refractivity contribution in [3.05, 3.63) is 82.0 Å². The van der Waals surface area contributed by atoms with E-state index in [0.29, 0.717) is 4.88 Å². The van der Waals surface area contributed by atoms with Crippen LogP contribution in [0.2, 0.25) is 0 Å². The Bertz CT molecular complexity index is 1120. The summed E-state index contributed by atoms with van der Waals surface area (Å²) in [4.78, 5) is 41.6. The molecule has 0 spiro atoms. The number of amides is 2. The van der Waals surface area contributed by atoms with Crippen LogP contribution in [0.4, 0.5) is 4.79 Å². The van der Waals surface area contributed by atoms with Gasteiger partial charge in [0.05, 0.1) is 0 Å². The molecule has 1 aliphatic rings. The third kappa shape index (κ3) is 4.89. The Kier molecular flexibility index (Phi) is 6.71. The van der Waals surface area contributed by atoms with Gasteiger partial charge in [-0.25, -0.2) is 15.1 Å². The van der Waals surface area contributed by atoms with Gasteiger partial charge in [-0.1, -0.05) is 54.6 Å². The van der Waals surface area contributed by atoms with Crippen LogP contribution < -0.4 is 10.8 Å². The largest absolute Gasteiger partial charge is 0.479 e. The van der Waals surface area contributed by atoms with Crippen LogP contribution in [0.5, 0.6) is 0 Å². The molecule has 3 N–H and O–H groups in total. The summed E-state index contributed by atoms with van der Waals surface area (Å²) in [5.41, 5.74) is 6.48. The Morgan fingerprint density at radius 2 is 1.64 bits per heavy atom. The van der Waals surface area contributed by atoms with Crippen LogP contribution in [-0.4, -0.2) is 35.8 Å². The van der Waals surface area contributed by atoms with Gasteiger partial charge in [-0.3, -0.25) is 9.63 Å². The molecule has 0 bridgehead atoms. The van der Waals surface area contributed by atoms with Crippen LogP contribution in [0.25, 0.3) is 11.1 Å². The third-order valence-corrected chi connectivity index (χ3v) is 6.32. The summed E-state index contributed by atoms with van der Waals surface area (Å²) < 4.78 is 5.52. The molecule has 4 rings (SSSR count). The lowest BCUT2D eigenvalue weighted by molar-refractivity contribution is -0.159. The predicted molar refractivity (Wildman–Crippen MR) is 122 cm³/mol. The second-order valence-electron chi connectivity index (χ2n) is 7.48. The van der Waals surface area contributed by atoms with E-state index in [9.17, 15) is 14.4 Å². The Hall–Kier alpha value is -3.69. The lowest BCUT2D eigenvalue weighted by Gasteiger charge is -2.19. The molecule has 170 valence electrons. The smallest absolute Gasteiger partial charge is 0.408 e. The highest BCUT2D eigenvalue weighted by Gasteiger charge is 2.30. The number of carboxylic acids is 1. The Labute approximate surface area is 194 Å². The summed E-state index contributed by atoms with van der Waals surface area (Å²) >= 11 is 1.26. The molecule has 2 unspecified atom stereocenters. The number of fused-ring (bicyclic) bond motifs is 3. The Balaban J connectivity index is 1.43. The van der Waals surface area contributed by atoms with E-state index in [0.717, 1.165) is 22.3 Å². The number of carbonyl (C=O) groups excluding carboxylic acids is 2. The van der Waals surface area contributed by atoms with Crippen molar-refractivity contribution >= 4 is 29.3 Å². The molecule has 0 saturated carbocycles. The Morgan fingerprint density at radius 1 is 1.00 bits per heavy atom. The fourth-order valence-corrected chi connectivity index (χ4v) is 4.51. The van der Waals surface area contributed by atoms with Crippen molar-refractivity contribution in [2.24, 2.45) is 0 Å². The summed E-state index contributed by atoms with van der Waals surface area (Å²) in [6.07, 6.45) is -2.01. The first-order valence-electron chi connectivity index (χ1n) is 10.3. The SMILES string of the molecule is CC(ONC(=O)C(NC(=O)OCC1c2ccccc2-c2ccccc21)c1cccs1)C(=O)O. The van der Waals surface area contributed by atoms with Crippen molar-refractivity contribution in [1.82, 2.24) is 10.8 Å². The summed E-state index contributed by atoms with van der Waals surface area (Å²) in [6.45, 7) is 1.38. The van der Waals surface area contributed by atoms with Gasteiger partial charge in [-0.05, 0) is 40.6 Å². The van der Waals surface area contributed by atoms with Gasteiger partial charge in [0.25, 0.3) is 5.91 Å². The molecular weight excluding hydrogens is 444 g/mol. The first-order valence-corrected chi connectivity index (χ1v) is 11.2. The molecule has 0 radical (unpaired) electrons. The van der Waals surface area contributed by atoms with E-state index in [1.165, 1.54) is 18.3 Å². The molecule has 9 heteroatoms. The summed E-state index contributed by atoms with van der Waals surface area (Å²) in [5, 5.41) is 13.2. The average molecular weight is 467 g/mol. The highest BCUT2D eigenvalue weighted by Crippen LogP contribution is 2.44. The van der Waals surface area contributed by atoms with E-state index < -0.39 is 30.1 Å². The number of alkyl carbamates (subject to hydrolysis) is 1. The lowest BCUT2D eigenvalue weighted by atomic mass is 9.98. The predicted octanol–water partition coefficient (Wildman–Crippen LogP) is 3.85. The highest BCUT2D eigenvalue weighted by molar-refractivity contribution is 7.10. The molecule has 1 aliphatic carbocycles. The lowest BCUT2D eigenvalue weighted by Crippen LogP contribution is -2.42. The zero-order valence-electron chi connectivity index (χ0n) is 17.7. The van der Waals surface area contributed by atoms with Crippen LogP contribution in [0.15, 0.2) is 66.0 Å². The monoisotopic (exact) mass is 466 g/mol. The second kappa shape index (κ2) is 9.85. The van der Waals surface area contributed by atoms with Crippen LogP contribution in [0.3, 0.4) is 0 Å². The molecule has 0 aliphatic heterocycles. The van der Waals surface area contributed by atoms with Crippen molar-refractivity contribution in [1.29, 1.82) is 0 Å². The minimum atomic E-state index is -1.24. The van der Waals surface area contributed by atoms with Gasteiger partial charge in [-0.15, -0.1) is 11.3 Å². The van der Waals surface area contributed by atoms with Crippen LogP contribution >= 0.6 is 11.3 Å². The maximum Gasteiger partial charge on any atom is 0.408 e. The zero-order valence-corrected chi connectivity index (χ0v) is 18.5. The summed E-state index contributed by atoms with van der Waals surface area (Å²) in [7, 11) is 0. The van der Waals surface area contributed by atoms with Gasteiger partial charge in [-0.2, -0.15) is 0 Å². The molecule has 2 amide bonds. The molecular formula is C24H22N2O6S. The van der Waals surface area contributed by atoms with Gasteiger partial charge >= 0.3 is 12.1 Å². The molecule has 2 aromatic carbocycles. The summed E-state index contributed by atoms with van der Waals surface area (Å²) in [5.74, 6) is -2.05. The number of thiophene rings is 1. The third-order valence-electron chi connectivity index (χ3n) is 5.38. The number of benzene rings is 2. The highest BCUT2D eigenvalue weighted by atomic mass is 32.1. The molecule has 33 heavy (non-hydrogen) atoms. The number of carboxylic acid groups (broad SMARTS) is 1. The van der Waals surface area contributed by atoms with E-state index in [2.05, 4.69) is 10.8 Å². The molecule has 0 saturated heterocycles. The molecule has 2 atom stereocenters. The number of aliphatic carboxylic acids is 1. The van der Waals surface area contributed by atoms with E-state index in [1.807, 2.05) is 48.5 Å². The number of nitrogens with one attached hydrogen (secondary N) is 2. The van der Waals surface area contributed by atoms with Crippen LogP contribution in [-0.2, 0) is 19.2 Å². The fraction of sp³-hybridized carbons (Fsp3) is 0.208. The van der Waals surface area contributed by atoms with Gasteiger partial charge in [0.1, 0.15) is 12.6 Å². The minimum Gasteiger partial charge on any atom is -0.479 e. The fourth-order valence-electron chi connectivity index (χ4n) is 3.74. The minimum absolute atomic E-state index is 0.102.